The number of sulfone groups is 1. The first-order valence-electron chi connectivity index (χ1n) is 5.90. The first kappa shape index (κ1) is 12.6. The smallest absolute Gasteiger partial charge is 0.180 e. The van der Waals surface area contributed by atoms with Crippen LogP contribution in [0.4, 0.5) is 5.69 Å². The third-order valence-electron chi connectivity index (χ3n) is 3.13. The number of nitrogens with two attached hydrogens (primary N) is 1. The first-order valence-corrected chi connectivity index (χ1v) is 8.43. The summed E-state index contributed by atoms with van der Waals surface area (Å²) >= 11 is 1.57. The van der Waals surface area contributed by atoms with Gasteiger partial charge < -0.3 is 5.73 Å². The Morgan fingerprint density at radius 1 is 1.05 bits per heavy atom. The molecule has 3 nitrogen and oxygen atoms in total. The van der Waals surface area contributed by atoms with Crippen LogP contribution in [-0.4, -0.2) is 14.2 Å². The number of rotatable bonds is 2. The molecule has 0 spiro atoms. The summed E-state index contributed by atoms with van der Waals surface area (Å²) in [5, 5.41) is -0.0372. The van der Waals surface area contributed by atoms with Crippen molar-refractivity contribution in [2.75, 3.05) is 11.5 Å². The van der Waals surface area contributed by atoms with Crippen molar-refractivity contribution in [2.45, 2.75) is 15.0 Å². The minimum atomic E-state index is -3.13. The number of hydrogen-bond acceptors (Lipinski definition) is 4. The highest BCUT2D eigenvalue weighted by Gasteiger charge is 2.34. The van der Waals surface area contributed by atoms with Gasteiger partial charge in [0.1, 0.15) is 0 Å². The van der Waals surface area contributed by atoms with E-state index in [-0.39, 0.29) is 11.0 Å². The van der Waals surface area contributed by atoms with Crippen LogP contribution in [0.3, 0.4) is 0 Å². The summed E-state index contributed by atoms with van der Waals surface area (Å²) in [5.41, 5.74) is 7.27. The summed E-state index contributed by atoms with van der Waals surface area (Å²) in [6, 6.07) is 14.8. The zero-order valence-electron chi connectivity index (χ0n) is 10.1. The summed E-state index contributed by atoms with van der Waals surface area (Å²) in [4.78, 5) is 1.51. The molecule has 0 amide bonds. The van der Waals surface area contributed by atoms with E-state index in [9.17, 15) is 8.42 Å². The van der Waals surface area contributed by atoms with E-state index in [0.29, 0.717) is 10.6 Å². The largest absolute Gasteiger partial charge is 0.399 e. The van der Waals surface area contributed by atoms with E-state index in [1.807, 2.05) is 36.4 Å². The lowest BCUT2D eigenvalue weighted by molar-refractivity contribution is 0.600. The molecule has 1 unspecified atom stereocenters. The molecule has 0 saturated heterocycles. The fourth-order valence-electron chi connectivity index (χ4n) is 2.22. The van der Waals surface area contributed by atoms with Gasteiger partial charge in [0, 0.05) is 10.6 Å². The summed E-state index contributed by atoms with van der Waals surface area (Å²) in [6.45, 7) is 0. The third-order valence-corrected chi connectivity index (χ3v) is 6.40. The lowest BCUT2D eigenvalue weighted by Crippen LogP contribution is -2.00. The molecule has 1 atom stereocenters. The molecule has 2 aromatic carbocycles. The molecule has 19 heavy (non-hydrogen) atoms. The molecule has 1 aliphatic heterocycles. The molecule has 0 radical (unpaired) electrons. The van der Waals surface area contributed by atoms with Crippen LogP contribution in [0.1, 0.15) is 10.8 Å². The van der Waals surface area contributed by atoms with Crippen molar-refractivity contribution < 1.29 is 8.42 Å². The first-order chi connectivity index (χ1) is 9.06. The minimum absolute atomic E-state index is 0.0372. The Bertz CT molecular complexity index is 708. The van der Waals surface area contributed by atoms with Crippen LogP contribution in [0.2, 0.25) is 0 Å². The zero-order valence-corrected chi connectivity index (χ0v) is 11.7. The highest BCUT2D eigenvalue weighted by Crippen LogP contribution is 2.44. The minimum Gasteiger partial charge on any atom is -0.399 e. The molecule has 98 valence electrons. The normalized spacial score (nSPS) is 20.1. The van der Waals surface area contributed by atoms with Crippen LogP contribution in [0.5, 0.6) is 0 Å². The number of nitrogen functional groups attached to an aromatic ring is 1. The number of fused-ring (bicyclic) bond motifs is 1. The highest BCUT2D eigenvalue weighted by molar-refractivity contribution is 8.01. The van der Waals surface area contributed by atoms with Crippen molar-refractivity contribution in [1.82, 2.24) is 0 Å². The molecule has 0 bridgehead atoms. The summed E-state index contributed by atoms with van der Waals surface area (Å²) in [5.74, 6) is 0.168. The van der Waals surface area contributed by atoms with Gasteiger partial charge >= 0.3 is 0 Å². The lowest BCUT2D eigenvalue weighted by Gasteiger charge is -2.09. The maximum Gasteiger partial charge on any atom is 0.180 e. The Labute approximate surface area is 116 Å². The molecule has 0 aliphatic carbocycles. The van der Waals surface area contributed by atoms with E-state index < -0.39 is 9.84 Å². The average molecular weight is 291 g/mol. The Morgan fingerprint density at radius 3 is 2.47 bits per heavy atom. The molecule has 0 aromatic heterocycles. The van der Waals surface area contributed by atoms with E-state index in [4.69, 9.17) is 5.73 Å². The van der Waals surface area contributed by atoms with Crippen LogP contribution in [0.15, 0.2) is 58.3 Å². The summed E-state index contributed by atoms with van der Waals surface area (Å²) in [6.07, 6.45) is 0. The van der Waals surface area contributed by atoms with Gasteiger partial charge in [0.05, 0.1) is 15.9 Å². The Balaban J connectivity index is 1.94. The van der Waals surface area contributed by atoms with Crippen LogP contribution < -0.4 is 5.73 Å². The van der Waals surface area contributed by atoms with Gasteiger partial charge in [0.25, 0.3) is 0 Å². The maximum absolute atomic E-state index is 12.1. The van der Waals surface area contributed by atoms with Gasteiger partial charge in [-0.15, -0.1) is 11.8 Å². The van der Waals surface area contributed by atoms with Gasteiger partial charge in [0.15, 0.2) is 9.84 Å². The van der Waals surface area contributed by atoms with E-state index >= 15 is 0 Å². The van der Waals surface area contributed by atoms with Crippen LogP contribution >= 0.6 is 11.8 Å². The average Bonchev–Trinajstić information content (AvgIpc) is 2.65. The van der Waals surface area contributed by atoms with Crippen molar-refractivity contribution in [3.05, 3.63) is 54.1 Å². The molecule has 1 aliphatic rings. The Kier molecular flexibility index (Phi) is 3.03. The van der Waals surface area contributed by atoms with Crippen molar-refractivity contribution in [3.63, 3.8) is 0 Å². The fourth-order valence-corrected chi connectivity index (χ4v) is 5.67. The van der Waals surface area contributed by atoms with Crippen molar-refractivity contribution >= 4 is 27.3 Å². The van der Waals surface area contributed by atoms with Gasteiger partial charge in [-0.2, -0.15) is 0 Å². The number of thioether (sulfide) groups is 1. The Morgan fingerprint density at radius 2 is 1.74 bits per heavy atom. The molecule has 0 saturated carbocycles. The summed E-state index contributed by atoms with van der Waals surface area (Å²) in [7, 11) is -3.13. The third kappa shape index (κ3) is 2.35. The molecular weight excluding hydrogens is 278 g/mol. The van der Waals surface area contributed by atoms with Gasteiger partial charge in [-0.1, -0.05) is 18.2 Å². The predicted molar refractivity (Wildman–Crippen MR) is 77.9 cm³/mol. The van der Waals surface area contributed by atoms with Gasteiger partial charge in [-0.25, -0.2) is 8.42 Å². The molecular formula is C14H13NO2S2. The second-order valence-corrected chi connectivity index (χ2v) is 7.77. The molecule has 2 N–H and O–H groups in total. The van der Waals surface area contributed by atoms with E-state index in [1.54, 1.807) is 23.9 Å². The van der Waals surface area contributed by atoms with E-state index in [0.717, 1.165) is 10.5 Å². The van der Waals surface area contributed by atoms with E-state index in [2.05, 4.69) is 0 Å². The van der Waals surface area contributed by atoms with Crippen LogP contribution in [0, 0.1) is 0 Å². The monoisotopic (exact) mass is 291 g/mol. The van der Waals surface area contributed by atoms with Crippen molar-refractivity contribution in [3.8, 4) is 0 Å². The molecule has 3 rings (SSSR count). The fraction of sp³-hybridized carbons (Fsp3) is 0.143. The number of benzene rings is 2. The van der Waals surface area contributed by atoms with Crippen LogP contribution in [-0.2, 0) is 9.84 Å². The second-order valence-electron chi connectivity index (χ2n) is 4.49. The lowest BCUT2D eigenvalue weighted by atomic mass is 10.2. The Hall–Kier alpha value is -1.46. The van der Waals surface area contributed by atoms with Crippen molar-refractivity contribution in [1.29, 1.82) is 0 Å². The van der Waals surface area contributed by atoms with Crippen LogP contribution in [0.25, 0.3) is 0 Å². The second kappa shape index (κ2) is 4.58. The number of anilines is 1. The number of hydrogen-bond donors (Lipinski definition) is 1. The molecule has 1 heterocycles. The topological polar surface area (TPSA) is 60.2 Å². The predicted octanol–water partition coefficient (Wildman–Crippen LogP) is 2.89. The van der Waals surface area contributed by atoms with Gasteiger partial charge in [0.2, 0.25) is 0 Å². The maximum atomic E-state index is 12.1. The summed E-state index contributed by atoms with van der Waals surface area (Å²) < 4.78 is 24.1. The van der Waals surface area contributed by atoms with E-state index in [1.165, 1.54) is 0 Å². The van der Waals surface area contributed by atoms with Gasteiger partial charge in [-0.3, -0.25) is 0 Å². The van der Waals surface area contributed by atoms with Gasteiger partial charge in [-0.05, 0) is 35.9 Å². The quantitative estimate of drug-likeness (QED) is 0.864. The molecule has 5 heteroatoms. The SMILES string of the molecule is Nc1ccc(SC2CS(=O)(=O)c3ccccc32)cc1. The highest BCUT2D eigenvalue weighted by atomic mass is 32.2. The van der Waals surface area contributed by atoms with Crippen molar-refractivity contribution in [2.24, 2.45) is 0 Å². The standard InChI is InChI=1S/C14H13NO2S2/c15-10-5-7-11(8-6-10)18-13-9-19(16,17)14-4-2-1-3-12(13)14/h1-8,13H,9,15H2. The molecule has 0 fully saturated rings. The zero-order chi connectivity index (χ0) is 13.5. The molecule has 2 aromatic rings.